The topological polar surface area (TPSA) is 75.4 Å². The molecule has 1 aromatic carbocycles. The van der Waals surface area contributed by atoms with Gasteiger partial charge in [0.05, 0.1) is 0 Å². The number of primary amides is 1. The summed E-state index contributed by atoms with van der Waals surface area (Å²) in [6.07, 6.45) is 3.45. The lowest BCUT2D eigenvalue weighted by Gasteiger charge is -2.27. The van der Waals surface area contributed by atoms with E-state index in [1.165, 1.54) is 12.1 Å². The van der Waals surface area contributed by atoms with Gasteiger partial charge in [0.2, 0.25) is 5.91 Å². The molecule has 0 radical (unpaired) electrons. The fourth-order valence-electron chi connectivity index (χ4n) is 2.50. The highest BCUT2D eigenvalue weighted by molar-refractivity contribution is 5.76. The van der Waals surface area contributed by atoms with Crippen LogP contribution in [0.25, 0.3) is 0 Å². The minimum Gasteiger partial charge on any atom is -0.505 e. The van der Waals surface area contributed by atoms with Gasteiger partial charge in [0.25, 0.3) is 0 Å². The number of hydrogen-bond acceptors (Lipinski definition) is 3. The number of amides is 1. The van der Waals surface area contributed by atoms with E-state index in [0.717, 1.165) is 31.2 Å². The Kier molecular flexibility index (Phi) is 4.37. The minimum atomic E-state index is -0.600. The second-order valence-electron chi connectivity index (χ2n) is 5.12. The van der Waals surface area contributed by atoms with E-state index in [9.17, 15) is 9.18 Å². The summed E-state index contributed by atoms with van der Waals surface area (Å²) in [4.78, 5) is 11.0. The lowest BCUT2D eigenvalue weighted by molar-refractivity contribution is -0.122. The molecule has 0 saturated heterocycles. The van der Waals surface area contributed by atoms with Gasteiger partial charge in [0, 0.05) is 18.5 Å². The molecule has 1 fully saturated rings. The van der Waals surface area contributed by atoms with Gasteiger partial charge in [0.1, 0.15) is 0 Å². The van der Waals surface area contributed by atoms with Crippen molar-refractivity contribution in [3.05, 3.63) is 29.6 Å². The summed E-state index contributed by atoms with van der Waals surface area (Å²) >= 11 is 0. The number of benzene rings is 1. The zero-order valence-electron chi connectivity index (χ0n) is 10.7. The summed E-state index contributed by atoms with van der Waals surface area (Å²) in [5, 5.41) is 12.4. The molecule has 1 amide bonds. The molecule has 1 aliphatic rings. The maximum Gasteiger partial charge on any atom is 0.220 e. The molecule has 0 unspecified atom stereocenters. The third-order valence-electron chi connectivity index (χ3n) is 3.74. The summed E-state index contributed by atoms with van der Waals surface area (Å²) in [7, 11) is 0. The highest BCUT2D eigenvalue weighted by Gasteiger charge is 2.24. The molecule has 1 saturated carbocycles. The van der Waals surface area contributed by atoms with Crippen LogP contribution in [0.4, 0.5) is 4.39 Å². The fraction of sp³-hybridized carbons (Fsp3) is 0.500. The van der Waals surface area contributed by atoms with Crippen LogP contribution in [0.1, 0.15) is 31.2 Å². The van der Waals surface area contributed by atoms with Crippen molar-refractivity contribution < 1.29 is 14.3 Å². The van der Waals surface area contributed by atoms with Crippen molar-refractivity contribution in [2.45, 2.75) is 38.3 Å². The Morgan fingerprint density at radius 2 is 2.05 bits per heavy atom. The second kappa shape index (κ2) is 6.02. The molecule has 0 heterocycles. The molecule has 1 aliphatic carbocycles. The van der Waals surface area contributed by atoms with E-state index in [2.05, 4.69) is 5.32 Å². The van der Waals surface area contributed by atoms with Crippen molar-refractivity contribution in [3.8, 4) is 5.75 Å². The maximum absolute atomic E-state index is 13.2. The molecular weight excluding hydrogens is 247 g/mol. The van der Waals surface area contributed by atoms with Gasteiger partial charge in [-0.1, -0.05) is 6.07 Å². The highest BCUT2D eigenvalue weighted by Crippen LogP contribution is 2.24. The van der Waals surface area contributed by atoms with Crippen molar-refractivity contribution in [2.75, 3.05) is 0 Å². The smallest absolute Gasteiger partial charge is 0.220 e. The Morgan fingerprint density at radius 1 is 1.37 bits per heavy atom. The first-order valence-corrected chi connectivity index (χ1v) is 6.56. The van der Waals surface area contributed by atoms with E-state index >= 15 is 0 Å². The summed E-state index contributed by atoms with van der Waals surface area (Å²) < 4.78 is 13.2. The standard InChI is InChI=1S/C14H19FN2O2/c15-12-7-9(1-6-13(12)18)8-17-11-4-2-10(3-5-11)14(16)19/h1,6-7,10-11,17-18H,2-5,8H2,(H2,16,19). The molecule has 4 N–H and O–H groups in total. The maximum atomic E-state index is 13.2. The third-order valence-corrected chi connectivity index (χ3v) is 3.74. The van der Waals surface area contributed by atoms with Crippen LogP contribution < -0.4 is 11.1 Å². The van der Waals surface area contributed by atoms with Crippen molar-refractivity contribution in [3.63, 3.8) is 0 Å². The molecule has 104 valence electrons. The molecule has 19 heavy (non-hydrogen) atoms. The Bertz CT molecular complexity index is 457. The van der Waals surface area contributed by atoms with Crippen molar-refractivity contribution in [1.29, 1.82) is 0 Å². The molecule has 0 aliphatic heterocycles. The molecular formula is C14H19FN2O2. The molecule has 0 atom stereocenters. The van der Waals surface area contributed by atoms with Gasteiger partial charge in [-0.05, 0) is 43.4 Å². The Balaban J connectivity index is 1.80. The van der Waals surface area contributed by atoms with Gasteiger partial charge >= 0.3 is 0 Å². The highest BCUT2D eigenvalue weighted by atomic mass is 19.1. The number of phenolic OH excluding ortho intramolecular Hbond substituents is 1. The average Bonchev–Trinajstić information content (AvgIpc) is 2.40. The first-order valence-electron chi connectivity index (χ1n) is 6.56. The molecule has 2 rings (SSSR count). The monoisotopic (exact) mass is 266 g/mol. The zero-order chi connectivity index (χ0) is 13.8. The SMILES string of the molecule is NC(=O)C1CCC(NCc2ccc(O)c(F)c2)CC1. The van der Waals surface area contributed by atoms with Crippen molar-refractivity contribution in [1.82, 2.24) is 5.32 Å². The normalized spacial score (nSPS) is 23.2. The van der Waals surface area contributed by atoms with Gasteiger partial charge < -0.3 is 16.2 Å². The van der Waals surface area contributed by atoms with Gasteiger partial charge in [0.15, 0.2) is 11.6 Å². The number of carbonyl (C=O) groups is 1. The number of nitrogens with one attached hydrogen (secondary N) is 1. The largest absolute Gasteiger partial charge is 0.505 e. The number of nitrogens with two attached hydrogens (primary N) is 1. The molecule has 4 nitrogen and oxygen atoms in total. The van der Waals surface area contributed by atoms with Crippen LogP contribution in [-0.2, 0) is 11.3 Å². The zero-order valence-corrected chi connectivity index (χ0v) is 10.7. The summed E-state index contributed by atoms with van der Waals surface area (Å²) in [6, 6.07) is 4.72. The number of hydrogen-bond donors (Lipinski definition) is 3. The van der Waals surface area contributed by atoms with E-state index in [0.29, 0.717) is 12.6 Å². The van der Waals surface area contributed by atoms with Gasteiger partial charge in [-0.15, -0.1) is 0 Å². The summed E-state index contributed by atoms with van der Waals surface area (Å²) in [5.74, 6) is -1.13. The summed E-state index contributed by atoms with van der Waals surface area (Å²) in [5.41, 5.74) is 6.08. The molecule has 1 aromatic rings. The molecule has 0 spiro atoms. The van der Waals surface area contributed by atoms with E-state index < -0.39 is 5.82 Å². The lowest BCUT2D eigenvalue weighted by atomic mass is 9.85. The van der Waals surface area contributed by atoms with Crippen LogP contribution in [0.5, 0.6) is 5.75 Å². The van der Waals surface area contributed by atoms with Crippen LogP contribution in [0.3, 0.4) is 0 Å². The third kappa shape index (κ3) is 3.67. The van der Waals surface area contributed by atoms with Crippen LogP contribution in [0.2, 0.25) is 0 Å². The predicted molar refractivity (Wildman–Crippen MR) is 69.8 cm³/mol. The Morgan fingerprint density at radius 3 is 2.63 bits per heavy atom. The number of aromatic hydroxyl groups is 1. The van der Waals surface area contributed by atoms with Crippen molar-refractivity contribution >= 4 is 5.91 Å². The van der Waals surface area contributed by atoms with Gasteiger partial charge in [-0.3, -0.25) is 4.79 Å². The number of carbonyl (C=O) groups excluding carboxylic acids is 1. The van der Waals surface area contributed by atoms with E-state index in [-0.39, 0.29) is 17.6 Å². The minimum absolute atomic E-state index is 0.00386. The molecule has 0 aromatic heterocycles. The van der Waals surface area contributed by atoms with Crippen LogP contribution in [0.15, 0.2) is 18.2 Å². The molecule has 5 heteroatoms. The van der Waals surface area contributed by atoms with Gasteiger partial charge in [-0.25, -0.2) is 4.39 Å². The number of halogens is 1. The number of phenols is 1. The molecule has 0 bridgehead atoms. The van der Waals surface area contributed by atoms with Crippen LogP contribution in [-0.4, -0.2) is 17.1 Å². The van der Waals surface area contributed by atoms with Gasteiger partial charge in [-0.2, -0.15) is 0 Å². The fourth-order valence-corrected chi connectivity index (χ4v) is 2.50. The first-order chi connectivity index (χ1) is 9.06. The van der Waals surface area contributed by atoms with E-state index in [1.807, 2.05) is 0 Å². The van der Waals surface area contributed by atoms with E-state index in [1.54, 1.807) is 6.07 Å². The average molecular weight is 266 g/mol. The lowest BCUT2D eigenvalue weighted by Crippen LogP contribution is -2.36. The Labute approximate surface area is 111 Å². The van der Waals surface area contributed by atoms with Crippen LogP contribution >= 0.6 is 0 Å². The first kappa shape index (κ1) is 13.8. The quantitative estimate of drug-likeness (QED) is 0.776. The predicted octanol–water partition coefficient (Wildman–Crippen LogP) is 1.66. The number of rotatable bonds is 4. The summed E-state index contributed by atoms with van der Waals surface area (Å²) in [6.45, 7) is 0.559. The Hall–Kier alpha value is -1.62. The van der Waals surface area contributed by atoms with E-state index in [4.69, 9.17) is 10.8 Å². The van der Waals surface area contributed by atoms with Crippen LogP contribution in [0, 0.1) is 11.7 Å². The second-order valence-corrected chi connectivity index (χ2v) is 5.12. The van der Waals surface area contributed by atoms with Crippen molar-refractivity contribution in [2.24, 2.45) is 11.7 Å².